The number of hydrogen-bond donors (Lipinski definition) is 1. The highest BCUT2D eigenvalue weighted by molar-refractivity contribution is 8.00. The van der Waals surface area contributed by atoms with Gasteiger partial charge >= 0.3 is 0 Å². The standard InChI is InChI=1S/C31H31ClN4O3S/c1-20(2)17-33-26(37)18-35-27(38)19-40-30(24-11-7-8-12-25(24)32)28-29(21-9-5-4-6-10-21)34-36(31(28)35)22-13-15-23(39-3)16-14-22/h4-16,20,30H,17-19H2,1-3H3,(H,33,37). The molecule has 2 amide bonds. The Morgan fingerprint density at radius 1 is 1.07 bits per heavy atom. The summed E-state index contributed by atoms with van der Waals surface area (Å²) in [5, 5.41) is 8.37. The molecule has 0 fully saturated rings. The summed E-state index contributed by atoms with van der Waals surface area (Å²) in [6, 6.07) is 25.1. The first-order valence-corrected chi connectivity index (χ1v) is 14.6. The first-order chi connectivity index (χ1) is 19.4. The highest BCUT2D eigenvalue weighted by atomic mass is 35.5. The first-order valence-electron chi connectivity index (χ1n) is 13.1. The van der Waals surface area contributed by atoms with Crippen LogP contribution in [-0.2, 0) is 9.59 Å². The maximum Gasteiger partial charge on any atom is 0.240 e. The van der Waals surface area contributed by atoms with Crippen molar-refractivity contribution in [2.45, 2.75) is 19.1 Å². The zero-order chi connectivity index (χ0) is 28.2. The third-order valence-electron chi connectivity index (χ3n) is 6.65. The van der Waals surface area contributed by atoms with Gasteiger partial charge in [0.1, 0.15) is 18.1 Å². The molecule has 3 aromatic carbocycles. The molecule has 0 saturated carbocycles. The van der Waals surface area contributed by atoms with Crippen LogP contribution in [0.1, 0.15) is 30.2 Å². The van der Waals surface area contributed by atoms with Gasteiger partial charge < -0.3 is 10.1 Å². The van der Waals surface area contributed by atoms with Crippen molar-refractivity contribution >= 4 is 41.0 Å². The summed E-state index contributed by atoms with van der Waals surface area (Å²) in [5.74, 6) is 1.33. The molecule has 2 heterocycles. The van der Waals surface area contributed by atoms with Gasteiger partial charge in [-0.25, -0.2) is 4.68 Å². The highest BCUT2D eigenvalue weighted by Gasteiger charge is 2.38. The van der Waals surface area contributed by atoms with E-state index in [0.717, 1.165) is 28.1 Å². The molecular formula is C31H31ClN4O3S. The van der Waals surface area contributed by atoms with Gasteiger partial charge in [-0.2, -0.15) is 5.10 Å². The van der Waals surface area contributed by atoms with Gasteiger partial charge in [-0.15, -0.1) is 11.8 Å². The van der Waals surface area contributed by atoms with Gasteiger partial charge in [-0.05, 0) is 41.8 Å². The Kier molecular flexibility index (Phi) is 8.47. The number of benzene rings is 3. The van der Waals surface area contributed by atoms with Crippen molar-refractivity contribution in [3.8, 4) is 22.7 Å². The fraction of sp³-hybridized carbons (Fsp3) is 0.258. The number of aromatic nitrogens is 2. The van der Waals surface area contributed by atoms with Crippen molar-refractivity contribution in [3.05, 3.63) is 95.0 Å². The highest BCUT2D eigenvalue weighted by Crippen LogP contribution is 2.49. The number of halogens is 1. The van der Waals surface area contributed by atoms with E-state index in [1.807, 2.05) is 92.7 Å². The molecule has 1 N–H and O–H groups in total. The van der Waals surface area contributed by atoms with Gasteiger partial charge in [-0.1, -0.05) is 74.0 Å². The minimum Gasteiger partial charge on any atom is -0.497 e. The van der Waals surface area contributed by atoms with E-state index < -0.39 is 0 Å². The van der Waals surface area contributed by atoms with Crippen LogP contribution in [0.2, 0.25) is 5.02 Å². The van der Waals surface area contributed by atoms with E-state index in [4.69, 9.17) is 21.4 Å². The largest absolute Gasteiger partial charge is 0.497 e. The van der Waals surface area contributed by atoms with E-state index >= 15 is 0 Å². The molecule has 1 atom stereocenters. The average Bonchev–Trinajstić information content (AvgIpc) is 3.30. The van der Waals surface area contributed by atoms with E-state index in [0.29, 0.717) is 23.1 Å². The molecule has 206 valence electrons. The number of nitrogens with one attached hydrogen (secondary N) is 1. The molecule has 0 saturated heterocycles. The van der Waals surface area contributed by atoms with Crippen LogP contribution in [0.4, 0.5) is 5.82 Å². The predicted molar refractivity (Wildman–Crippen MR) is 162 cm³/mol. The number of hydrogen-bond acceptors (Lipinski definition) is 5. The number of fused-ring (bicyclic) bond motifs is 1. The smallest absolute Gasteiger partial charge is 0.240 e. The lowest BCUT2D eigenvalue weighted by molar-refractivity contribution is -0.123. The van der Waals surface area contributed by atoms with Crippen LogP contribution in [0.25, 0.3) is 16.9 Å². The number of nitrogens with zero attached hydrogens (tertiary/aromatic N) is 3. The first kappa shape index (κ1) is 27.8. The summed E-state index contributed by atoms with van der Waals surface area (Å²) >= 11 is 8.24. The summed E-state index contributed by atoms with van der Waals surface area (Å²) in [6.07, 6.45) is 0. The topological polar surface area (TPSA) is 76.5 Å². The van der Waals surface area contributed by atoms with E-state index in [2.05, 4.69) is 5.32 Å². The maximum absolute atomic E-state index is 13.8. The van der Waals surface area contributed by atoms with Gasteiger partial charge in [0.25, 0.3) is 0 Å². The molecule has 1 aromatic heterocycles. The van der Waals surface area contributed by atoms with Crippen molar-refractivity contribution in [2.24, 2.45) is 5.92 Å². The van der Waals surface area contributed by atoms with Crippen LogP contribution < -0.4 is 15.0 Å². The number of anilines is 1. The lowest BCUT2D eigenvalue weighted by Crippen LogP contribution is -2.43. The Bertz CT molecular complexity index is 1510. The van der Waals surface area contributed by atoms with Gasteiger partial charge in [-0.3, -0.25) is 14.5 Å². The van der Waals surface area contributed by atoms with Gasteiger partial charge in [0.15, 0.2) is 0 Å². The lowest BCUT2D eigenvalue weighted by Gasteiger charge is -2.23. The van der Waals surface area contributed by atoms with Gasteiger partial charge in [0.05, 0.1) is 29.5 Å². The molecule has 5 rings (SSSR count). The molecule has 0 spiro atoms. The second kappa shape index (κ2) is 12.2. The van der Waals surface area contributed by atoms with Crippen LogP contribution in [0.5, 0.6) is 5.75 Å². The quantitative estimate of drug-likeness (QED) is 0.273. The Morgan fingerprint density at radius 2 is 1.77 bits per heavy atom. The van der Waals surface area contributed by atoms with Crippen molar-refractivity contribution < 1.29 is 14.3 Å². The van der Waals surface area contributed by atoms with Crippen LogP contribution in [-0.4, -0.2) is 47.5 Å². The van der Waals surface area contributed by atoms with Crippen LogP contribution in [0.15, 0.2) is 78.9 Å². The third-order valence-corrected chi connectivity index (χ3v) is 8.23. The maximum atomic E-state index is 13.8. The van der Waals surface area contributed by atoms with Crippen LogP contribution in [0.3, 0.4) is 0 Å². The molecule has 4 aromatic rings. The normalized spacial score (nSPS) is 15.1. The van der Waals surface area contributed by atoms with Crippen molar-refractivity contribution in [1.29, 1.82) is 0 Å². The number of amides is 2. The molecule has 0 radical (unpaired) electrons. The molecule has 7 nitrogen and oxygen atoms in total. The minimum atomic E-state index is -0.293. The van der Waals surface area contributed by atoms with E-state index in [9.17, 15) is 9.59 Å². The van der Waals surface area contributed by atoms with Gasteiger partial charge in [0.2, 0.25) is 11.8 Å². The minimum absolute atomic E-state index is 0.121. The Balaban J connectivity index is 1.77. The van der Waals surface area contributed by atoms with Crippen molar-refractivity contribution in [3.63, 3.8) is 0 Å². The Morgan fingerprint density at radius 3 is 2.45 bits per heavy atom. The van der Waals surface area contributed by atoms with E-state index in [1.54, 1.807) is 16.7 Å². The summed E-state index contributed by atoms with van der Waals surface area (Å²) in [6.45, 7) is 4.47. The number of carbonyl (C=O) groups excluding carboxylic acids is 2. The Hall–Kier alpha value is -3.75. The average molecular weight is 575 g/mol. The van der Waals surface area contributed by atoms with Crippen LogP contribution in [0, 0.1) is 5.92 Å². The monoisotopic (exact) mass is 574 g/mol. The molecule has 1 unspecified atom stereocenters. The second-order valence-electron chi connectivity index (χ2n) is 9.95. The summed E-state index contributed by atoms with van der Waals surface area (Å²) in [7, 11) is 1.62. The lowest BCUT2D eigenvalue weighted by atomic mass is 9.99. The zero-order valence-electron chi connectivity index (χ0n) is 22.6. The second-order valence-corrected chi connectivity index (χ2v) is 11.5. The number of thioether (sulfide) groups is 1. The molecule has 40 heavy (non-hydrogen) atoms. The molecule has 1 aliphatic heterocycles. The third kappa shape index (κ3) is 5.74. The number of ether oxygens (including phenoxy) is 1. The van der Waals surface area contributed by atoms with Crippen LogP contribution >= 0.6 is 23.4 Å². The fourth-order valence-corrected chi connectivity index (χ4v) is 6.23. The van der Waals surface area contributed by atoms with Crippen molar-refractivity contribution in [1.82, 2.24) is 15.1 Å². The summed E-state index contributed by atoms with van der Waals surface area (Å²) in [5.41, 5.74) is 4.10. The summed E-state index contributed by atoms with van der Waals surface area (Å²) < 4.78 is 7.14. The molecule has 0 aliphatic carbocycles. The van der Waals surface area contributed by atoms with Gasteiger partial charge in [0, 0.05) is 22.7 Å². The number of carbonyl (C=O) groups is 2. The number of methoxy groups -OCH3 is 1. The van der Waals surface area contributed by atoms with Crippen molar-refractivity contribution in [2.75, 3.05) is 30.9 Å². The molecule has 1 aliphatic rings. The fourth-order valence-electron chi connectivity index (χ4n) is 4.68. The molecular weight excluding hydrogens is 544 g/mol. The molecule has 0 bridgehead atoms. The predicted octanol–water partition coefficient (Wildman–Crippen LogP) is 6.14. The Labute approximate surface area is 243 Å². The zero-order valence-corrected chi connectivity index (χ0v) is 24.2. The van der Waals surface area contributed by atoms with E-state index in [-0.39, 0.29) is 35.3 Å². The summed E-state index contributed by atoms with van der Waals surface area (Å²) in [4.78, 5) is 28.5. The molecule has 9 heteroatoms. The number of rotatable bonds is 8. The van der Waals surface area contributed by atoms with E-state index in [1.165, 1.54) is 11.8 Å². The SMILES string of the molecule is COc1ccc(-n2nc(-c3ccccc3)c3c2N(CC(=O)NCC(C)C)C(=O)CSC3c2ccccc2Cl)cc1.